The highest BCUT2D eigenvalue weighted by atomic mass is 32.2. The molecule has 0 amide bonds. The Bertz CT molecular complexity index is 819. The maximum absolute atomic E-state index is 13.8. The highest BCUT2D eigenvalue weighted by molar-refractivity contribution is 7.98. The minimum Gasteiger partial charge on any atom is -0.478 e. The highest BCUT2D eigenvalue weighted by Crippen LogP contribution is 2.23. The highest BCUT2D eigenvalue weighted by Gasteiger charge is 2.10. The number of halogens is 1. The van der Waals surface area contributed by atoms with Gasteiger partial charge in [-0.05, 0) is 29.8 Å². The zero-order valence-electron chi connectivity index (χ0n) is 10.7. The number of benzene rings is 1. The fourth-order valence-electron chi connectivity index (χ4n) is 1.86. The van der Waals surface area contributed by atoms with Crippen molar-refractivity contribution < 1.29 is 14.3 Å². The standard InChI is InChI=1S/C14H10FN3O2S/c15-11-7-9(13(19)20)4-5-10(11)8-21-14-17-16-12-3-1-2-6-18(12)14/h1-7H,8H2,(H,19,20). The molecule has 5 nitrogen and oxygen atoms in total. The van der Waals surface area contributed by atoms with E-state index in [1.54, 1.807) is 0 Å². The number of hydrogen-bond donors (Lipinski definition) is 1. The van der Waals surface area contributed by atoms with Crippen molar-refractivity contribution in [1.29, 1.82) is 0 Å². The molecule has 0 radical (unpaired) electrons. The van der Waals surface area contributed by atoms with Gasteiger partial charge in [0.1, 0.15) is 5.82 Å². The van der Waals surface area contributed by atoms with Crippen molar-refractivity contribution in [2.75, 3.05) is 0 Å². The van der Waals surface area contributed by atoms with Gasteiger partial charge in [-0.25, -0.2) is 9.18 Å². The summed E-state index contributed by atoms with van der Waals surface area (Å²) in [6, 6.07) is 9.46. The van der Waals surface area contributed by atoms with E-state index in [-0.39, 0.29) is 5.56 Å². The lowest BCUT2D eigenvalue weighted by molar-refractivity contribution is 0.0696. The monoisotopic (exact) mass is 303 g/mol. The van der Waals surface area contributed by atoms with Crippen LogP contribution in [0.25, 0.3) is 5.65 Å². The van der Waals surface area contributed by atoms with Crippen LogP contribution < -0.4 is 0 Å². The molecule has 106 valence electrons. The van der Waals surface area contributed by atoms with Gasteiger partial charge in [0.15, 0.2) is 10.8 Å². The second kappa shape index (κ2) is 5.53. The maximum atomic E-state index is 13.8. The minimum atomic E-state index is -1.14. The molecular formula is C14H10FN3O2S. The van der Waals surface area contributed by atoms with E-state index in [2.05, 4.69) is 10.2 Å². The van der Waals surface area contributed by atoms with Crippen LogP contribution in [-0.4, -0.2) is 25.7 Å². The lowest BCUT2D eigenvalue weighted by atomic mass is 10.1. The van der Waals surface area contributed by atoms with Gasteiger partial charge in [0, 0.05) is 11.9 Å². The number of aromatic carboxylic acids is 1. The van der Waals surface area contributed by atoms with E-state index in [1.807, 2.05) is 28.8 Å². The zero-order valence-corrected chi connectivity index (χ0v) is 11.5. The number of hydrogen-bond acceptors (Lipinski definition) is 4. The van der Waals surface area contributed by atoms with Crippen LogP contribution in [0.3, 0.4) is 0 Å². The normalized spacial score (nSPS) is 10.9. The van der Waals surface area contributed by atoms with Crippen LogP contribution in [0.1, 0.15) is 15.9 Å². The molecule has 0 aliphatic heterocycles. The van der Waals surface area contributed by atoms with E-state index in [9.17, 15) is 9.18 Å². The van der Waals surface area contributed by atoms with Crippen molar-refractivity contribution in [3.8, 4) is 0 Å². The quantitative estimate of drug-likeness (QED) is 0.751. The molecule has 0 saturated carbocycles. The van der Waals surface area contributed by atoms with Gasteiger partial charge in [-0.1, -0.05) is 23.9 Å². The van der Waals surface area contributed by atoms with Crippen LogP contribution in [0, 0.1) is 5.82 Å². The second-order valence-corrected chi connectivity index (χ2v) is 5.25. The van der Waals surface area contributed by atoms with Gasteiger partial charge in [0.25, 0.3) is 0 Å². The Balaban J connectivity index is 1.80. The number of rotatable bonds is 4. The third-order valence-electron chi connectivity index (χ3n) is 2.94. The molecule has 0 unspecified atom stereocenters. The Hall–Kier alpha value is -2.41. The summed E-state index contributed by atoms with van der Waals surface area (Å²) >= 11 is 1.34. The van der Waals surface area contributed by atoms with E-state index in [1.165, 1.54) is 23.9 Å². The summed E-state index contributed by atoms with van der Waals surface area (Å²) in [7, 11) is 0. The Kier molecular flexibility index (Phi) is 3.57. The summed E-state index contributed by atoms with van der Waals surface area (Å²) in [5.74, 6) is -1.32. The number of carboxylic acids is 1. The van der Waals surface area contributed by atoms with Crippen molar-refractivity contribution in [3.05, 3.63) is 59.5 Å². The van der Waals surface area contributed by atoms with Crippen LogP contribution in [0.15, 0.2) is 47.8 Å². The number of carboxylic acid groups (broad SMARTS) is 1. The van der Waals surface area contributed by atoms with Crippen LogP contribution in [-0.2, 0) is 5.75 Å². The summed E-state index contributed by atoms with van der Waals surface area (Å²) in [5.41, 5.74) is 1.09. The predicted octanol–water partition coefficient (Wildman–Crippen LogP) is 2.86. The van der Waals surface area contributed by atoms with Gasteiger partial charge < -0.3 is 5.11 Å². The summed E-state index contributed by atoms with van der Waals surface area (Å²) in [6.07, 6.45) is 1.83. The van der Waals surface area contributed by atoms with Gasteiger partial charge in [-0.2, -0.15) is 0 Å². The molecule has 0 saturated heterocycles. The summed E-state index contributed by atoms with van der Waals surface area (Å²) in [5, 5.41) is 17.5. The molecule has 1 aromatic carbocycles. The molecule has 0 aliphatic carbocycles. The smallest absolute Gasteiger partial charge is 0.335 e. The topological polar surface area (TPSA) is 67.5 Å². The maximum Gasteiger partial charge on any atom is 0.335 e. The first-order valence-electron chi connectivity index (χ1n) is 6.09. The van der Waals surface area contributed by atoms with Gasteiger partial charge in [0.2, 0.25) is 0 Å². The zero-order chi connectivity index (χ0) is 14.8. The molecule has 2 heterocycles. The Labute approximate surface area is 123 Å². The Morgan fingerprint density at radius 2 is 2.14 bits per heavy atom. The van der Waals surface area contributed by atoms with Gasteiger partial charge >= 0.3 is 5.97 Å². The molecule has 21 heavy (non-hydrogen) atoms. The van der Waals surface area contributed by atoms with E-state index in [0.29, 0.717) is 16.5 Å². The first-order valence-corrected chi connectivity index (χ1v) is 7.08. The first-order chi connectivity index (χ1) is 10.1. The van der Waals surface area contributed by atoms with Gasteiger partial charge in [-0.15, -0.1) is 10.2 Å². The van der Waals surface area contributed by atoms with E-state index >= 15 is 0 Å². The summed E-state index contributed by atoms with van der Waals surface area (Å²) in [6.45, 7) is 0. The number of carbonyl (C=O) groups is 1. The Morgan fingerprint density at radius 1 is 1.29 bits per heavy atom. The number of aromatic nitrogens is 3. The predicted molar refractivity (Wildman–Crippen MR) is 75.9 cm³/mol. The third kappa shape index (κ3) is 2.73. The molecule has 0 bridgehead atoms. The fourth-order valence-corrected chi connectivity index (χ4v) is 2.77. The Morgan fingerprint density at radius 3 is 2.90 bits per heavy atom. The van der Waals surface area contributed by atoms with E-state index in [0.717, 1.165) is 11.7 Å². The molecule has 0 aliphatic rings. The molecule has 0 fully saturated rings. The lowest BCUT2D eigenvalue weighted by Gasteiger charge is -2.03. The van der Waals surface area contributed by atoms with E-state index in [4.69, 9.17) is 5.11 Å². The van der Waals surface area contributed by atoms with Crippen molar-refractivity contribution in [2.24, 2.45) is 0 Å². The fraction of sp³-hybridized carbons (Fsp3) is 0.0714. The molecule has 0 atom stereocenters. The number of fused-ring (bicyclic) bond motifs is 1. The van der Waals surface area contributed by atoms with Crippen LogP contribution in [0.5, 0.6) is 0 Å². The SMILES string of the molecule is O=C(O)c1ccc(CSc2nnc3ccccn23)c(F)c1. The number of nitrogens with zero attached hydrogens (tertiary/aromatic N) is 3. The second-order valence-electron chi connectivity index (χ2n) is 4.31. The average molecular weight is 303 g/mol. The summed E-state index contributed by atoms with van der Waals surface area (Å²) < 4.78 is 15.6. The number of thioether (sulfide) groups is 1. The van der Waals surface area contributed by atoms with Crippen LogP contribution in [0.4, 0.5) is 4.39 Å². The first kappa shape index (κ1) is 13.6. The van der Waals surface area contributed by atoms with Crippen LogP contribution >= 0.6 is 11.8 Å². The molecule has 3 aromatic rings. The minimum absolute atomic E-state index is 0.0609. The molecule has 3 rings (SSSR count). The van der Waals surface area contributed by atoms with Crippen molar-refractivity contribution in [2.45, 2.75) is 10.9 Å². The molecule has 0 spiro atoms. The lowest BCUT2D eigenvalue weighted by Crippen LogP contribution is -1.99. The van der Waals surface area contributed by atoms with Crippen molar-refractivity contribution in [1.82, 2.24) is 14.6 Å². The van der Waals surface area contributed by atoms with E-state index < -0.39 is 11.8 Å². The molecule has 7 heteroatoms. The number of pyridine rings is 1. The largest absolute Gasteiger partial charge is 0.478 e. The molecule has 2 aromatic heterocycles. The third-order valence-corrected chi connectivity index (χ3v) is 3.93. The van der Waals surface area contributed by atoms with Crippen LogP contribution in [0.2, 0.25) is 0 Å². The average Bonchev–Trinajstić information content (AvgIpc) is 2.89. The van der Waals surface area contributed by atoms with Gasteiger partial charge in [-0.3, -0.25) is 4.40 Å². The molecular weight excluding hydrogens is 293 g/mol. The van der Waals surface area contributed by atoms with Gasteiger partial charge in [0.05, 0.1) is 5.56 Å². The summed E-state index contributed by atoms with van der Waals surface area (Å²) in [4.78, 5) is 10.8. The molecule has 1 N–H and O–H groups in total. The van der Waals surface area contributed by atoms with Crippen molar-refractivity contribution in [3.63, 3.8) is 0 Å². The van der Waals surface area contributed by atoms with Crippen molar-refractivity contribution >= 4 is 23.4 Å².